The molecule has 2 fully saturated rings. The number of anilines is 1. The highest BCUT2D eigenvalue weighted by molar-refractivity contribution is 6.36. The van der Waals surface area contributed by atoms with Gasteiger partial charge in [-0.2, -0.15) is 15.2 Å². The third-order valence-corrected chi connectivity index (χ3v) is 9.07. The number of aromatic nitrogens is 4. The minimum absolute atomic E-state index is 0.00305. The van der Waals surface area contributed by atoms with Gasteiger partial charge in [0, 0.05) is 79.3 Å². The van der Waals surface area contributed by atoms with Crippen molar-refractivity contribution in [3.8, 4) is 23.3 Å². The van der Waals surface area contributed by atoms with Crippen molar-refractivity contribution in [2.45, 2.75) is 57.4 Å². The molecule has 1 amide bonds. The number of likely N-dealkylation sites (tertiary alicyclic amines) is 1. The molecule has 6 rings (SSSR count). The first-order valence-corrected chi connectivity index (χ1v) is 16.2. The van der Waals surface area contributed by atoms with Crippen LogP contribution in [0.3, 0.4) is 0 Å². The van der Waals surface area contributed by atoms with Crippen molar-refractivity contribution < 1.29 is 23.4 Å². The Hall–Kier alpha value is -4.38. The number of piperazine rings is 1. The van der Waals surface area contributed by atoms with Crippen molar-refractivity contribution in [2.24, 2.45) is 0 Å². The van der Waals surface area contributed by atoms with E-state index in [9.17, 15) is 10.1 Å². The number of fused-ring (bicyclic) bond motifs is 2. The second-order valence-corrected chi connectivity index (χ2v) is 13.6. The number of pyridine rings is 2. The van der Waals surface area contributed by atoms with Crippen LogP contribution >= 0.6 is 11.6 Å². The summed E-state index contributed by atoms with van der Waals surface area (Å²) in [6.07, 6.45) is 5.18. The molecule has 3 atom stereocenters. The summed E-state index contributed by atoms with van der Waals surface area (Å²) in [6.45, 7) is 7.30. The minimum Gasteiger partial charge on any atom is -0.462 e. The smallest absolute Gasteiger partial charge is 0.410 e. The molecule has 48 heavy (non-hydrogen) atoms. The molecule has 0 saturated carbocycles. The monoisotopic (exact) mass is 676 g/mol. The van der Waals surface area contributed by atoms with E-state index in [0.29, 0.717) is 33.7 Å². The van der Waals surface area contributed by atoms with Gasteiger partial charge in [-0.1, -0.05) is 23.7 Å². The lowest BCUT2D eigenvalue weighted by atomic mass is 10.0. The number of likely N-dealkylation sites (N-methyl/N-ethyl adjacent to an activating group) is 1. The lowest BCUT2D eigenvalue weighted by molar-refractivity contribution is 0.0145. The Kier molecular flexibility index (Phi) is 9.51. The maximum absolute atomic E-state index is 16.7. The number of carbonyl (C=O) groups is 1. The molecule has 0 unspecified atom stereocenters. The highest BCUT2D eigenvalue weighted by Crippen LogP contribution is 2.37. The van der Waals surface area contributed by atoms with E-state index in [2.05, 4.69) is 25.9 Å². The molecule has 5 heterocycles. The van der Waals surface area contributed by atoms with E-state index in [-0.39, 0.29) is 55.5 Å². The second-order valence-electron chi connectivity index (χ2n) is 13.2. The van der Waals surface area contributed by atoms with Crippen LogP contribution in [0.5, 0.6) is 6.01 Å². The number of carbonyl (C=O) groups excluding carboxylic acids is 1. The zero-order chi connectivity index (χ0) is 34.2. The van der Waals surface area contributed by atoms with Gasteiger partial charge < -0.3 is 24.0 Å². The molecule has 2 aliphatic heterocycles. The largest absolute Gasteiger partial charge is 0.462 e. The van der Waals surface area contributed by atoms with Gasteiger partial charge in [-0.15, -0.1) is 0 Å². The first-order chi connectivity index (χ1) is 23.0. The maximum atomic E-state index is 16.7. The predicted octanol–water partition coefficient (Wildman–Crippen LogP) is 5.47. The average Bonchev–Trinajstić information content (AvgIpc) is 3.42. The molecule has 0 spiro atoms. The van der Waals surface area contributed by atoms with Gasteiger partial charge in [0.15, 0.2) is 5.82 Å². The quantitative estimate of drug-likeness (QED) is 0.247. The Bertz CT molecular complexity index is 1880. The molecule has 0 aliphatic carbocycles. The summed E-state index contributed by atoms with van der Waals surface area (Å²) in [7, 11) is 3.69. The summed E-state index contributed by atoms with van der Waals surface area (Å²) in [4.78, 5) is 36.9. The highest BCUT2D eigenvalue weighted by atomic mass is 35.5. The van der Waals surface area contributed by atoms with Gasteiger partial charge in [-0.25, -0.2) is 9.18 Å². The molecule has 14 heteroatoms. The van der Waals surface area contributed by atoms with Gasteiger partial charge in [0.1, 0.15) is 29.2 Å². The summed E-state index contributed by atoms with van der Waals surface area (Å²) in [6, 6.07) is 7.15. The summed E-state index contributed by atoms with van der Waals surface area (Å²) < 4.78 is 34.1. The van der Waals surface area contributed by atoms with E-state index in [0.717, 1.165) is 18.4 Å². The van der Waals surface area contributed by atoms with Crippen molar-refractivity contribution in [1.82, 2.24) is 29.7 Å². The van der Waals surface area contributed by atoms with E-state index in [1.807, 2.05) is 24.1 Å². The number of rotatable bonds is 7. The normalized spacial score (nSPS) is 20.3. The van der Waals surface area contributed by atoms with Gasteiger partial charge in [0.05, 0.1) is 30.0 Å². The lowest BCUT2D eigenvalue weighted by Crippen LogP contribution is -2.56. The number of nitriles is 1. The SMILES string of the molecule is CO[C@@H]1C[C@@H](COc2nc(N3CCN(C(=O)OC(C)(C)C)[C@@H](CC#N)C3)c3cnc(-c4cncc5cccc(Cl)c45)c(F)c3n2)N(C)C1. The molecule has 1 aromatic carbocycles. The molecule has 3 aromatic heterocycles. The van der Waals surface area contributed by atoms with Gasteiger partial charge in [-0.3, -0.25) is 14.9 Å². The van der Waals surface area contributed by atoms with Crippen LogP contribution in [-0.2, 0) is 9.47 Å². The summed E-state index contributed by atoms with van der Waals surface area (Å²) in [5.41, 5.74) is -0.203. The predicted molar refractivity (Wildman–Crippen MR) is 180 cm³/mol. The Morgan fingerprint density at radius 3 is 2.69 bits per heavy atom. The molecule has 4 aromatic rings. The number of benzene rings is 1. The first-order valence-electron chi connectivity index (χ1n) is 15.8. The molecular formula is C34H38ClFN8O4. The van der Waals surface area contributed by atoms with Gasteiger partial charge >= 0.3 is 12.1 Å². The van der Waals surface area contributed by atoms with Crippen molar-refractivity contribution >= 4 is 45.2 Å². The molecule has 2 saturated heterocycles. The second kappa shape index (κ2) is 13.6. The van der Waals surface area contributed by atoms with Crippen LogP contribution in [0.1, 0.15) is 33.6 Å². The maximum Gasteiger partial charge on any atom is 0.410 e. The van der Waals surface area contributed by atoms with Crippen LogP contribution in [0.2, 0.25) is 5.02 Å². The summed E-state index contributed by atoms with van der Waals surface area (Å²) in [5, 5.41) is 11.8. The zero-order valence-electron chi connectivity index (χ0n) is 27.6. The Morgan fingerprint density at radius 1 is 1.15 bits per heavy atom. The van der Waals surface area contributed by atoms with E-state index in [1.54, 1.807) is 45.0 Å². The zero-order valence-corrected chi connectivity index (χ0v) is 28.4. The third kappa shape index (κ3) is 6.78. The topological polar surface area (TPSA) is 130 Å². The summed E-state index contributed by atoms with van der Waals surface area (Å²) in [5.74, 6) is -0.281. The number of hydrogen-bond acceptors (Lipinski definition) is 11. The fourth-order valence-electron chi connectivity index (χ4n) is 6.34. The van der Waals surface area contributed by atoms with Crippen molar-refractivity contribution in [2.75, 3.05) is 51.8 Å². The Labute approximate surface area is 283 Å². The molecule has 0 bridgehead atoms. The van der Waals surface area contributed by atoms with Crippen LogP contribution in [0.25, 0.3) is 32.9 Å². The van der Waals surface area contributed by atoms with E-state index in [1.165, 1.54) is 12.4 Å². The molecule has 252 valence electrons. The van der Waals surface area contributed by atoms with Gasteiger partial charge in [-0.05, 0) is 40.3 Å². The van der Waals surface area contributed by atoms with Crippen LogP contribution in [0.15, 0.2) is 36.8 Å². The third-order valence-electron chi connectivity index (χ3n) is 8.76. The van der Waals surface area contributed by atoms with E-state index >= 15 is 4.39 Å². The summed E-state index contributed by atoms with van der Waals surface area (Å²) >= 11 is 6.58. The number of methoxy groups -OCH3 is 1. The van der Waals surface area contributed by atoms with Crippen molar-refractivity contribution in [1.29, 1.82) is 5.26 Å². The lowest BCUT2D eigenvalue weighted by Gasteiger charge is -2.41. The molecule has 0 radical (unpaired) electrons. The highest BCUT2D eigenvalue weighted by Gasteiger charge is 2.35. The Balaban J connectivity index is 1.41. The van der Waals surface area contributed by atoms with Crippen molar-refractivity contribution in [3.63, 3.8) is 0 Å². The molecular weight excluding hydrogens is 639 g/mol. The van der Waals surface area contributed by atoms with Gasteiger partial charge in [0.25, 0.3) is 0 Å². The van der Waals surface area contributed by atoms with E-state index in [4.69, 9.17) is 30.8 Å². The number of halogens is 2. The molecule has 12 nitrogen and oxygen atoms in total. The first kappa shape index (κ1) is 33.5. The fraction of sp³-hybridized carbons (Fsp3) is 0.471. The molecule has 2 aliphatic rings. The van der Waals surface area contributed by atoms with Gasteiger partial charge in [0.2, 0.25) is 0 Å². The molecule has 0 N–H and O–H groups in total. The van der Waals surface area contributed by atoms with Crippen LogP contribution < -0.4 is 9.64 Å². The standard InChI is InChI=1S/C34H38ClFN8O4/c1-34(2,3)48-33(45)44-12-11-43(17-21(44)9-10-37)31-25-16-39-29(24-15-38-14-20-7-6-8-26(35)27(20)24)28(36)30(25)40-32(41-31)47-19-22-13-23(46-5)18-42(22)4/h6-8,14-16,21-23H,9,11-13,17-19H2,1-5H3/t21-,22-,23+/m0/s1. The minimum atomic E-state index is -0.693. The average molecular weight is 677 g/mol. The number of hydrogen-bond donors (Lipinski definition) is 0. The van der Waals surface area contributed by atoms with E-state index < -0.39 is 23.6 Å². The van der Waals surface area contributed by atoms with Crippen LogP contribution in [-0.4, -0.2) is 107 Å². The number of amides is 1. The number of ether oxygens (including phenoxy) is 3. The number of nitrogens with zero attached hydrogens (tertiary/aromatic N) is 8. The van der Waals surface area contributed by atoms with Crippen LogP contribution in [0.4, 0.5) is 15.0 Å². The van der Waals surface area contributed by atoms with Crippen LogP contribution in [0, 0.1) is 17.1 Å². The van der Waals surface area contributed by atoms with Crippen molar-refractivity contribution in [3.05, 3.63) is 47.6 Å². The Morgan fingerprint density at radius 2 is 1.96 bits per heavy atom. The fourth-order valence-corrected chi connectivity index (χ4v) is 6.62.